The molecule has 1 saturated heterocycles. The zero-order chi connectivity index (χ0) is 13.1. The minimum Gasteiger partial charge on any atom is -0.382 e. The second-order valence-electron chi connectivity index (χ2n) is 4.11. The molecule has 6 heteroatoms. The summed E-state index contributed by atoms with van der Waals surface area (Å²) >= 11 is 0. The summed E-state index contributed by atoms with van der Waals surface area (Å²) in [5, 5.41) is 0. The topological polar surface area (TPSA) is 49.7 Å². The number of methoxy groups -OCH3 is 2. The zero-order valence-electron chi connectivity index (χ0n) is 10.3. The maximum atomic E-state index is 14.2. The van der Waals surface area contributed by atoms with E-state index in [4.69, 9.17) is 14.2 Å². The molecule has 1 aromatic rings. The molecular weight excluding hydrogens is 265 g/mol. The van der Waals surface area contributed by atoms with Gasteiger partial charge in [-0.3, -0.25) is 9.36 Å². The lowest BCUT2D eigenvalue weighted by Crippen LogP contribution is -2.34. The summed E-state index contributed by atoms with van der Waals surface area (Å²) in [5.41, 5.74) is -0.307. The van der Waals surface area contributed by atoms with Gasteiger partial charge in [0.25, 0.3) is 5.56 Å². The van der Waals surface area contributed by atoms with Gasteiger partial charge in [-0.05, 0) is 6.07 Å². The van der Waals surface area contributed by atoms with Gasteiger partial charge in [0, 0.05) is 26.5 Å². The van der Waals surface area contributed by atoms with E-state index in [2.05, 4.69) is 0 Å². The molecule has 5 nitrogen and oxygen atoms in total. The molecule has 1 aliphatic heterocycles. The van der Waals surface area contributed by atoms with Crippen molar-refractivity contribution in [1.82, 2.24) is 4.57 Å². The highest BCUT2D eigenvalue weighted by Crippen LogP contribution is 2.32. The van der Waals surface area contributed by atoms with E-state index in [9.17, 15) is 9.18 Å². The third kappa shape index (κ3) is 3.45. The molecule has 0 spiro atoms. The molecule has 0 bridgehead atoms. The molecule has 0 aliphatic carbocycles. The molecule has 1 aliphatic rings. The van der Waals surface area contributed by atoms with Crippen LogP contribution in [-0.2, 0) is 14.2 Å². The Kier molecular flexibility index (Phi) is 7.63. The Labute approximate surface area is 119 Å². The Balaban J connectivity index is 0.00000180. The first-order valence-corrected chi connectivity index (χ1v) is 5.67. The Morgan fingerprint density at radius 3 is 2.60 bits per heavy atom. The molecule has 0 saturated carbocycles. The first kappa shape index (κ1) is 18.8. The molecule has 116 valence electrons. The monoisotopic (exact) mass is 289 g/mol. The summed E-state index contributed by atoms with van der Waals surface area (Å²) < 4.78 is 31.0. The van der Waals surface area contributed by atoms with E-state index in [0.717, 1.165) is 0 Å². The van der Waals surface area contributed by atoms with Crippen LogP contribution in [0.3, 0.4) is 0 Å². The number of alkyl halides is 1. The second-order valence-corrected chi connectivity index (χ2v) is 4.11. The van der Waals surface area contributed by atoms with E-state index in [0.29, 0.717) is 0 Å². The van der Waals surface area contributed by atoms with Crippen molar-refractivity contribution in [2.75, 3.05) is 20.8 Å². The standard InChI is InChI=1S/C12H16FNO4.2CH4/c1-16-7-8-11(17-2)10(13)12(18-8)14-6-4-3-5-9(14)15;;/h3-6,8,10-12H,7H2,1-2H3;2*1H4/t8-,10-,11-,12-;;/m1../s1. The summed E-state index contributed by atoms with van der Waals surface area (Å²) in [6, 6.07) is 4.62. The maximum Gasteiger partial charge on any atom is 0.252 e. The summed E-state index contributed by atoms with van der Waals surface area (Å²) in [5.74, 6) is 0. The molecule has 2 rings (SSSR count). The number of nitrogens with zero attached hydrogens (tertiary/aromatic N) is 1. The highest BCUT2D eigenvalue weighted by molar-refractivity contribution is 4.98. The molecular formula is C14H24FNO4. The van der Waals surface area contributed by atoms with Crippen molar-refractivity contribution in [1.29, 1.82) is 0 Å². The average molecular weight is 289 g/mol. The van der Waals surface area contributed by atoms with E-state index in [1.54, 1.807) is 12.1 Å². The SMILES string of the molecule is C.C.COC[C@H]1O[C@@H](n2ccccc2=O)[C@H](F)[C@@H]1OC. The van der Waals surface area contributed by atoms with E-state index in [-0.39, 0.29) is 27.0 Å². The normalized spacial score (nSPS) is 28.6. The largest absolute Gasteiger partial charge is 0.382 e. The van der Waals surface area contributed by atoms with Crippen LogP contribution < -0.4 is 5.56 Å². The third-order valence-corrected chi connectivity index (χ3v) is 3.00. The lowest BCUT2D eigenvalue weighted by molar-refractivity contribution is -0.0621. The van der Waals surface area contributed by atoms with E-state index in [1.807, 2.05) is 0 Å². The van der Waals surface area contributed by atoms with Crippen LogP contribution in [0.4, 0.5) is 4.39 Å². The lowest BCUT2D eigenvalue weighted by Gasteiger charge is -2.16. The van der Waals surface area contributed by atoms with Crippen LogP contribution in [-0.4, -0.2) is 43.8 Å². The number of halogens is 1. The third-order valence-electron chi connectivity index (χ3n) is 3.00. The van der Waals surface area contributed by atoms with Gasteiger partial charge in [0.2, 0.25) is 0 Å². The summed E-state index contributed by atoms with van der Waals surface area (Å²) in [6.45, 7) is 0.219. The molecule has 0 unspecified atom stereocenters. The number of rotatable bonds is 4. The van der Waals surface area contributed by atoms with E-state index < -0.39 is 24.6 Å². The van der Waals surface area contributed by atoms with Gasteiger partial charge in [-0.25, -0.2) is 4.39 Å². The van der Waals surface area contributed by atoms with E-state index in [1.165, 1.54) is 31.0 Å². The van der Waals surface area contributed by atoms with Crippen molar-refractivity contribution in [2.24, 2.45) is 0 Å². The van der Waals surface area contributed by atoms with Crippen LogP contribution in [0.2, 0.25) is 0 Å². The molecule has 0 radical (unpaired) electrons. The van der Waals surface area contributed by atoms with Gasteiger partial charge in [-0.15, -0.1) is 0 Å². The molecule has 2 heterocycles. The first-order chi connectivity index (χ1) is 8.69. The molecule has 1 fully saturated rings. The Hall–Kier alpha value is -1.24. The van der Waals surface area contributed by atoms with Crippen LogP contribution >= 0.6 is 0 Å². The fourth-order valence-corrected chi connectivity index (χ4v) is 2.15. The minimum absolute atomic E-state index is 0. The molecule has 4 atom stereocenters. The van der Waals surface area contributed by atoms with E-state index >= 15 is 0 Å². The van der Waals surface area contributed by atoms with Crippen LogP contribution in [0.15, 0.2) is 29.2 Å². The number of pyridine rings is 1. The Morgan fingerprint density at radius 2 is 2.05 bits per heavy atom. The van der Waals surface area contributed by atoms with Crippen LogP contribution in [0, 0.1) is 0 Å². The van der Waals surface area contributed by atoms with Gasteiger partial charge in [0.1, 0.15) is 12.2 Å². The van der Waals surface area contributed by atoms with Crippen molar-refractivity contribution in [3.8, 4) is 0 Å². The van der Waals surface area contributed by atoms with Gasteiger partial charge < -0.3 is 14.2 Å². The molecule has 0 amide bonds. The average Bonchev–Trinajstić information content (AvgIpc) is 2.67. The maximum absolute atomic E-state index is 14.2. The second kappa shape index (κ2) is 8.14. The summed E-state index contributed by atoms with van der Waals surface area (Å²) in [6.07, 6.45) is -2.13. The first-order valence-electron chi connectivity index (χ1n) is 5.67. The Bertz CT molecular complexity index is 451. The van der Waals surface area contributed by atoms with Crippen LogP contribution in [0.25, 0.3) is 0 Å². The highest BCUT2D eigenvalue weighted by atomic mass is 19.1. The molecule has 1 aromatic heterocycles. The smallest absolute Gasteiger partial charge is 0.252 e. The van der Waals surface area contributed by atoms with Crippen molar-refractivity contribution < 1.29 is 18.6 Å². The Morgan fingerprint density at radius 1 is 1.35 bits per heavy atom. The predicted molar refractivity (Wildman–Crippen MR) is 75.6 cm³/mol. The van der Waals surface area contributed by atoms with Crippen LogP contribution in [0.5, 0.6) is 0 Å². The minimum atomic E-state index is -1.41. The molecule has 0 N–H and O–H groups in total. The number of ether oxygens (including phenoxy) is 3. The molecule has 20 heavy (non-hydrogen) atoms. The van der Waals surface area contributed by atoms with Crippen molar-refractivity contribution >= 4 is 0 Å². The quantitative estimate of drug-likeness (QED) is 0.851. The van der Waals surface area contributed by atoms with Crippen LogP contribution in [0.1, 0.15) is 21.1 Å². The van der Waals surface area contributed by atoms with Gasteiger partial charge in [0.15, 0.2) is 12.4 Å². The van der Waals surface area contributed by atoms with Crippen molar-refractivity contribution in [3.63, 3.8) is 0 Å². The van der Waals surface area contributed by atoms with Gasteiger partial charge in [-0.2, -0.15) is 0 Å². The fraction of sp³-hybridized carbons (Fsp3) is 0.643. The predicted octanol–water partition coefficient (Wildman–Crippen LogP) is 2.02. The fourth-order valence-electron chi connectivity index (χ4n) is 2.15. The highest BCUT2D eigenvalue weighted by Gasteiger charge is 2.46. The number of hydrogen-bond donors (Lipinski definition) is 0. The lowest BCUT2D eigenvalue weighted by atomic mass is 10.1. The summed E-state index contributed by atoms with van der Waals surface area (Å²) in [4.78, 5) is 11.7. The number of aromatic nitrogens is 1. The summed E-state index contributed by atoms with van der Waals surface area (Å²) in [7, 11) is 2.92. The molecule has 0 aromatic carbocycles. The van der Waals surface area contributed by atoms with Gasteiger partial charge >= 0.3 is 0 Å². The number of hydrogen-bond acceptors (Lipinski definition) is 4. The van der Waals surface area contributed by atoms with Gasteiger partial charge in [-0.1, -0.05) is 20.9 Å². The van der Waals surface area contributed by atoms with Crippen molar-refractivity contribution in [3.05, 3.63) is 34.7 Å². The van der Waals surface area contributed by atoms with Gasteiger partial charge in [0.05, 0.1) is 6.61 Å². The van der Waals surface area contributed by atoms with Crippen molar-refractivity contribution in [2.45, 2.75) is 39.5 Å². The zero-order valence-corrected chi connectivity index (χ0v) is 10.3.